The molecule has 0 bridgehead atoms. The summed E-state index contributed by atoms with van der Waals surface area (Å²) in [6.45, 7) is 2.86. The molecule has 0 unspecified atom stereocenters. The maximum absolute atomic E-state index is 5.78. The summed E-state index contributed by atoms with van der Waals surface area (Å²) in [7, 11) is 2.28. The Balaban J connectivity index is 1.69. The Bertz CT molecular complexity index is 238. The van der Waals surface area contributed by atoms with Gasteiger partial charge >= 0.3 is 0 Å². The molecule has 0 aromatic rings. The number of nitrogens with zero attached hydrogens (tertiary/aromatic N) is 1. The highest BCUT2D eigenvalue weighted by molar-refractivity contribution is 5.00. The lowest BCUT2D eigenvalue weighted by atomic mass is 9.77. The summed E-state index contributed by atoms with van der Waals surface area (Å²) in [5, 5.41) is 0. The van der Waals surface area contributed by atoms with Gasteiger partial charge in [0.1, 0.15) is 0 Å². The molecular formula is C12H21NO2. The molecule has 2 spiro atoms. The zero-order chi connectivity index (χ0) is 10.4. The van der Waals surface area contributed by atoms with Crippen LogP contribution in [-0.2, 0) is 9.47 Å². The normalized spacial score (nSPS) is 34.2. The molecule has 0 radical (unpaired) electrons. The molecule has 3 fully saturated rings. The first kappa shape index (κ1) is 10.1. The smallest absolute Gasteiger partial charge is 0.168 e. The first-order valence-corrected chi connectivity index (χ1v) is 6.24. The molecule has 2 heterocycles. The topological polar surface area (TPSA) is 21.7 Å². The van der Waals surface area contributed by atoms with Crippen LogP contribution in [0.2, 0.25) is 0 Å². The van der Waals surface area contributed by atoms with Gasteiger partial charge in [-0.25, -0.2) is 0 Å². The van der Waals surface area contributed by atoms with Gasteiger partial charge in [0, 0.05) is 18.4 Å². The van der Waals surface area contributed by atoms with Crippen LogP contribution in [0.15, 0.2) is 0 Å². The van der Waals surface area contributed by atoms with E-state index in [9.17, 15) is 0 Å². The molecule has 1 aliphatic carbocycles. The van der Waals surface area contributed by atoms with Crippen LogP contribution in [-0.4, -0.2) is 43.0 Å². The molecule has 3 heteroatoms. The van der Waals surface area contributed by atoms with E-state index >= 15 is 0 Å². The van der Waals surface area contributed by atoms with E-state index in [-0.39, 0.29) is 5.79 Å². The standard InChI is InChI=1S/C12H21NO2/c1-13-8-2-3-11(13)4-6-12(7-5-11)14-9-10-15-12/h2-10H2,1H3. The Kier molecular flexibility index (Phi) is 2.31. The lowest BCUT2D eigenvalue weighted by Gasteiger charge is -2.45. The van der Waals surface area contributed by atoms with Gasteiger partial charge in [-0.05, 0) is 39.3 Å². The van der Waals surface area contributed by atoms with Crippen LogP contribution in [0.25, 0.3) is 0 Å². The second-order valence-electron chi connectivity index (χ2n) is 5.36. The van der Waals surface area contributed by atoms with E-state index in [0.29, 0.717) is 5.54 Å². The van der Waals surface area contributed by atoms with Crippen LogP contribution >= 0.6 is 0 Å². The van der Waals surface area contributed by atoms with Crippen LogP contribution < -0.4 is 0 Å². The Morgan fingerprint density at radius 2 is 1.60 bits per heavy atom. The fraction of sp³-hybridized carbons (Fsp3) is 1.00. The van der Waals surface area contributed by atoms with Crippen molar-refractivity contribution in [2.75, 3.05) is 26.8 Å². The summed E-state index contributed by atoms with van der Waals surface area (Å²) in [6, 6.07) is 0. The van der Waals surface area contributed by atoms with Crippen molar-refractivity contribution in [1.82, 2.24) is 4.90 Å². The number of rotatable bonds is 0. The molecule has 0 aromatic carbocycles. The third-order valence-electron chi connectivity index (χ3n) is 4.70. The fourth-order valence-electron chi connectivity index (χ4n) is 3.59. The Labute approximate surface area is 91.7 Å². The van der Waals surface area contributed by atoms with Crippen molar-refractivity contribution < 1.29 is 9.47 Å². The SMILES string of the molecule is CN1CCCC12CCC1(CC2)OCCO1. The molecule has 0 amide bonds. The van der Waals surface area contributed by atoms with E-state index in [1.807, 2.05) is 0 Å². The molecule has 0 atom stereocenters. The minimum atomic E-state index is -0.186. The van der Waals surface area contributed by atoms with Crippen molar-refractivity contribution in [3.63, 3.8) is 0 Å². The van der Waals surface area contributed by atoms with Gasteiger partial charge < -0.3 is 14.4 Å². The highest BCUT2D eigenvalue weighted by atomic mass is 16.7. The highest BCUT2D eigenvalue weighted by Gasteiger charge is 2.49. The average molecular weight is 211 g/mol. The molecule has 2 aliphatic heterocycles. The largest absolute Gasteiger partial charge is 0.348 e. The van der Waals surface area contributed by atoms with Crippen LogP contribution in [0.4, 0.5) is 0 Å². The molecule has 2 saturated heterocycles. The van der Waals surface area contributed by atoms with Gasteiger partial charge in [-0.1, -0.05) is 0 Å². The third kappa shape index (κ3) is 1.52. The fourth-order valence-corrected chi connectivity index (χ4v) is 3.59. The number of likely N-dealkylation sites (tertiary alicyclic amines) is 1. The van der Waals surface area contributed by atoms with E-state index in [1.54, 1.807) is 0 Å². The van der Waals surface area contributed by atoms with Gasteiger partial charge in [0.15, 0.2) is 5.79 Å². The second-order valence-corrected chi connectivity index (χ2v) is 5.36. The number of hydrogen-bond acceptors (Lipinski definition) is 3. The number of hydrogen-bond donors (Lipinski definition) is 0. The van der Waals surface area contributed by atoms with E-state index in [2.05, 4.69) is 11.9 Å². The molecule has 15 heavy (non-hydrogen) atoms. The molecule has 3 aliphatic rings. The van der Waals surface area contributed by atoms with Crippen LogP contribution in [0.3, 0.4) is 0 Å². The van der Waals surface area contributed by atoms with Gasteiger partial charge in [-0.2, -0.15) is 0 Å². The quantitative estimate of drug-likeness (QED) is 0.609. The van der Waals surface area contributed by atoms with Gasteiger partial charge in [-0.15, -0.1) is 0 Å². The van der Waals surface area contributed by atoms with Crippen LogP contribution in [0.1, 0.15) is 38.5 Å². The predicted molar refractivity (Wildman–Crippen MR) is 57.7 cm³/mol. The van der Waals surface area contributed by atoms with Crippen molar-refractivity contribution in [3.05, 3.63) is 0 Å². The molecular weight excluding hydrogens is 190 g/mol. The maximum atomic E-state index is 5.78. The van der Waals surface area contributed by atoms with Gasteiger partial charge in [0.2, 0.25) is 0 Å². The first-order valence-electron chi connectivity index (χ1n) is 6.24. The lowest BCUT2D eigenvalue weighted by Crippen LogP contribution is -2.49. The Morgan fingerprint density at radius 3 is 2.13 bits per heavy atom. The summed E-state index contributed by atoms with van der Waals surface area (Å²) in [5.74, 6) is -0.186. The minimum Gasteiger partial charge on any atom is -0.348 e. The van der Waals surface area contributed by atoms with Crippen molar-refractivity contribution in [2.45, 2.75) is 49.9 Å². The average Bonchev–Trinajstić information content (AvgIpc) is 2.82. The zero-order valence-electron chi connectivity index (χ0n) is 9.63. The second kappa shape index (κ2) is 3.44. The van der Waals surface area contributed by atoms with Crippen molar-refractivity contribution in [2.24, 2.45) is 0 Å². The molecule has 1 saturated carbocycles. The Morgan fingerprint density at radius 1 is 0.933 bits per heavy atom. The minimum absolute atomic E-state index is 0.186. The van der Waals surface area contributed by atoms with Gasteiger partial charge in [-0.3, -0.25) is 0 Å². The van der Waals surface area contributed by atoms with Gasteiger partial charge in [0.25, 0.3) is 0 Å². The summed E-state index contributed by atoms with van der Waals surface area (Å²) >= 11 is 0. The lowest BCUT2D eigenvalue weighted by molar-refractivity contribution is -0.191. The molecule has 86 valence electrons. The van der Waals surface area contributed by atoms with Gasteiger partial charge in [0.05, 0.1) is 13.2 Å². The van der Waals surface area contributed by atoms with E-state index in [4.69, 9.17) is 9.47 Å². The zero-order valence-corrected chi connectivity index (χ0v) is 9.63. The summed E-state index contributed by atoms with van der Waals surface area (Å²) < 4.78 is 11.6. The highest BCUT2D eigenvalue weighted by Crippen LogP contribution is 2.46. The summed E-state index contributed by atoms with van der Waals surface area (Å²) in [4.78, 5) is 2.56. The van der Waals surface area contributed by atoms with Crippen molar-refractivity contribution in [3.8, 4) is 0 Å². The summed E-state index contributed by atoms with van der Waals surface area (Å²) in [6.07, 6.45) is 7.44. The van der Waals surface area contributed by atoms with Crippen molar-refractivity contribution in [1.29, 1.82) is 0 Å². The molecule has 3 rings (SSSR count). The molecule has 0 N–H and O–H groups in total. The molecule has 3 nitrogen and oxygen atoms in total. The van der Waals surface area contributed by atoms with Crippen molar-refractivity contribution >= 4 is 0 Å². The maximum Gasteiger partial charge on any atom is 0.168 e. The van der Waals surface area contributed by atoms with E-state index in [1.165, 1.54) is 32.2 Å². The molecule has 0 aromatic heterocycles. The Hall–Kier alpha value is -0.120. The summed E-state index contributed by atoms with van der Waals surface area (Å²) in [5.41, 5.74) is 0.487. The van der Waals surface area contributed by atoms with Crippen LogP contribution in [0.5, 0.6) is 0 Å². The van der Waals surface area contributed by atoms with E-state index in [0.717, 1.165) is 26.1 Å². The van der Waals surface area contributed by atoms with Crippen LogP contribution in [0, 0.1) is 0 Å². The monoisotopic (exact) mass is 211 g/mol. The first-order chi connectivity index (χ1) is 7.25. The third-order valence-corrected chi connectivity index (χ3v) is 4.70. The number of ether oxygens (including phenoxy) is 2. The van der Waals surface area contributed by atoms with E-state index < -0.39 is 0 Å². The predicted octanol–water partition coefficient (Wildman–Crippen LogP) is 1.77.